The molecule has 0 heterocycles. The van der Waals surface area contributed by atoms with E-state index in [1.807, 2.05) is 55.5 Å². The molecule has 0 bridgehead atoms. The van der Waals surface area contributed by atoms with E-state index in [0.29, 0.717) is 6.54 Å². The van der Waals surface area contributed by atoms with Crippen molar-refractivity contribution in [3.63, 3.8) is 0 Å². The lowest BCUT2D eigenvalue weighted by Gasteiger charge is -2.16. The Morgan fingerprint density at radius 2 is 1.60 bits per heavy atom. The van der Waals surface area contributed by atoms with Gasteiger partial charge in [-0.25, -0.2) is 0 Å². The van der Waals surface area contributed by atoms with Gasteiger partial charge in [0.25, 0.3) is 0 Å². The summed E-state index contributed by atoms with van der Waals surface area (Å²) in [6.07, 6.45) is 0.755. The summed E-state index contributed by atoms with van der Waals surface area (Å²) < 4.78 is 0. The van der Waals surface area contributed by atoms with Crippen molar-refractivity contribution in [2.75, 3.05) is 5.32 Å². The van der Waals surface area contributed by atoms with Gasteiger partial charge < -0.3 is 10.6 Å². The van der Waals surface area contributed by atoms with Crippen LogP contribution in [0.5, 0.6) is 0 Å². The van der Waals surface area contributed by atoms with E-state index >= 15 is 0 Å². The molecule has 0 radical (unpaired) electrons. The molecule has 3 heteroatoms. The molecular weight excluding hydrogens is 248 g/mol. The van der Waals surface area contributed by atoms with Crippen molar-refractivity contribution >= 4 is 11.6 Å². The van der Waals surface area contributed by atoms with Gasteiger partial charge >= 0.3 is 0 Å². The first-order chi connectivity index (χ1) is 9.79. The monoisotopic (exact) mass is 268 g/mol. The fraction of sp³-hybridized carbons (Fsp3) is 0.235. The highest BCUT2D eigenvalue weighted by Crippen LogP contribution is 2.07. The smallest absolute Gasteiger partial charge is 0.241 e. The lowest BCUT2D eigenvalue weighted by atomic mass is 10.1. The molecule has 0 spiro atoms. The van der Waals surface area contributed by atoms with Crippen LogP contribution in [0.4, 0.5) is 5.69 Å². The number of anilines is 1. The van der Waals surface area contributed by atoms with Crippen LogP contribution in [-0.4, -0.2) is 11.9 Å². The van der Waals surface area contributed by atoms with E-state index in [4.69, 9.17) is 0 Å². The number of benzene rings is 2. The molecule has 0 saturated heterocycles. The molecule has 2 rings (SSSR count). The van der Waals surface area contributed by atoms with Crippen molar-refractivity contribution in [1.82, 2.24) is 5.32 Å². The zero-order valence-corrected chi connectivity index (χ0v) is 11.7. The first-order valence-electron chi connectivity index (χ1n) is 6.93. The maximum Gasteiger partial charge on any atom is 0.241 e. The molecule has 20 heavy (non-hydrogen) atoms. The summed E-state index contributed by atoms with van der Waals surface area (Å²) in [4.78, 5) is 12.2. The summed E-state index contributed by atoms with van der Waals surface area (Å²) in [5.41, 5.74) is 2.01. The minimum Gasteiger partial charge on any atom is -0.325 e. The Bertz CT molecular complexity index is 525. The van der Waals surface area contributed by atoms with Crippen LogP contribution in [0.25, 0.3) is 0 Å². The van der Waals surface area contributed by atoms with E-state index in [1.54, 1.807) is 0 Å². The summed E-state index contributed by atoms with van der Waals surface area (Å²) >= 11 is 0. The zero-order chi connectivity index (χ0) is 14.2. The van der Waals surface area contributed by atoms with Gasteiger partial charge in [-0.2, -0.15) is 0 Å². The Labute approximate surface area is 120 Å². The Morgan fingerprint density at radius 1 is 1.00 bits per heavy atom. The van der Waals surface area contributed by atoms with Gasteiger partial charge in [0.15, 0.2) is 0 Å². The number of para-hydroxylation sites is 1. The highest BCUT2D eigenvalue weighted by atomic mass is 16.2. The van der Waals surface area contributed by atoms with Gasteiger partial charge in [-0.05, 0) is 24.1 Å². The van der Waals surface area contributed by atoms with E-state index in [-0.39, 0.29) is 11.9 Å². The van der Waals surface area contributed by atoms with Gasteiger partial charge in [0.05, 0.1) is 6.04 Å². The fourth-order valence-electron chi connectivity index (χ4n) is 2.01. The number of amides is 1. The average Bonchev–Trinajstić information content (AvgIpc) is 2.50. The van der Waals surface area contributed by atoms with Crippen LogP contribution in [-0.2, 0) is 11.3 Å². The quantitative estimate of drug-likeness (QED) is 0.844. The number of rotatable bonds is 6. The van der Waals surface area contributed by atoms with Gasteiger partial charge in [-0.15, -0.1) is 0 Å². The normalized spacial score (nSPS) is 11.8. The third kappa shape index (κ3) is 4.21. The van der Waals surface area contributed by atoms with Crippen molar-refractivity contribution in [3.05, 3.63) is 66.2 Å². The maximum absolute atomic E-state index is 12.2. The first-order valence-corrected chi connectivity index (χ1v) is 6.93. The topological polar surface area (TPSA) is 41.1 Å². The predicted molar refractivity (Wildman–Crippen MR) is 82.4 cm³/mol. The summed E-state index contributed by atoms with van der Waals surface area (Å²) in [5.74, 6) is 0.00892. The average molecular weight is 268 g/mol. The van der Waals surface area contributed by atoms with Gasteiger partial charge in [0, 0.05) is 12.2 Å². The van der Waals surface area contributed by atoms with E-state index in [0.717, 1.165) is 12.1 Å². The predicted octanol–water partition coefficient (Wildman–Crippen LogP) is 3.19. The molecule has 1 amide bonds. The third-order valence-corrected chi connectivity index (χ3v) is 3.16. The molecule has 104 valence electrons. The molecular formula is C17H20N2O. The molecule has 1 unspecified atom stereocenters. The van der Waals surface area contributed by atoms with Crippen LogP contribution in [0.3, 0.4) is 0 Å². The number of hydrogen-bond donors (Lipinski definition) is 2. The number of carbonyl (C=O) groups is 1. The lowest BCUT2D eigenvalue weighted by Crippen LogP contribution is -2.39. The van der Waals surface area contributed by atoms with Crippen LogP contribution < -0.4 is 10.6 Å². The van der Waals surface area contributed by atoms with Gasteiger partial charge in [-0.3, -0.25) is 4.79 Å². The van der Waals surface area contributed by atoms with E-state index < -0.39 is 0 Å². The second kappa shape index (κ2) is 7.46. The molecule has 2 aromatic carbocycles. The second-order valence-corrected chi connectivity index (χ2v) is 4.68. The van der Waals surface area contributed by atoms with Crippen LogP contribution in [0.1, 0.15) is 18.9 Å². The van der Waals surface area contributed by atoms with Crippen LogP contribution in [0.15, 0.2) is 60.7 Å². The molecule has 0 saturated carbocycles. The van der Waals surface area contributed by atoms with Crippen LogP contribution >= 0.6 is 0 Å². The minimum absolute atomic E-state index is 0.00892. The first kappa shape index (κ1) is 14.3. The summed E-state index contributed by atoms with van der Waals surface area (Å²) in [5, 5.41) is 6.22. The van der Waals surface area contributed by atoms with Gasteiger partial charge in [0.1, 0.15) is 0 Å². The van der Waals surface area contributed by atoms with Crippen molar-refractivity contribution in [2.45, 2.75) is 25.9 Å². The Morgan fingerprint density at radius 3 is 2.20 bits per heavy atom. The molecule has 0 aliphatic heterocycles. The van der Waals surface area contributed by atoms with Crippen molar-refractivity contribution in [2.24, 2.45) is 0 Å². The summed E-state index contributed by atoms with van der Waals surface area (Å²) in [7, 11) is 0. The van der Waals surface area contributed by atoms with E-state index in [9.17, 15) is 4.79 Å². The van der Waals surface area contributed by atoms with Crippen LogP contribution in [0.2, 0.25) is 0 Å². The summed E-state index contributed by atoms with van der Waals surface area (Å²) in [6, 6.07) is 19.4. The molecule has 0 aliphatic rings. The summed E-state index contributed by atoms with van der Waals surface area (Å²) in [6.45, 7) is 2.70. The number of nitrogens with one attached hydrogen (secondary N) is 2. The SMILES string of the molecule is CCC(NCc1ccccc1)C(=O)Nc1ccccc1. The molecule has 0 fully saturated rings. The molecule has 0 aliphatic carbocycles. The van der Waals surface area contributed by atoms with E-state index in [2.05, 4.69) is 22.8 Å². The highest BCUT2D eigenvalue weighted by molar-refractivity contribution is 5.94. The maximum atomic E-state index is 12.2. The third-order valence-electron chi connectivity index (χ3n) is 3.16. The lowest BCUT2D eigenvalue weighted by molar-refractivity contribution is -0.118. The van der Waals surface area contributed by atoms with Gasteiger partial charge in [-0.1, -0.05) is 55.5 Å². The number of hydrogen-bond acceptors (Lipinski definition) is 2. The van der Waals surface area contributed by atoms with Crippen LogP contribution in [0, 0.1) is 0 Å². The number of carbonyl (C=O) groups excluding carboxylic acids is 1. The highest BCUT2D eigenvalue weighted by Gasteiger charge is 2.15. The van der Waals surface area contributed by atoms with Gasteiger partial charge in [0.2, 0.25) is 5.91 Å². The standard InChI is InChI=1S/C17H20N2O/c1-2-16(18-13-14-9-5-3-6-10-14)17(20)19-15-11-7-4-8-12-15/h3-12,16,18H,2,13H2,1H3,(H,19,20). The Kier molecular flexibility index (Phi) is 5.33. The molecule has 1 atom stereocenters. The van der Waals surface area contributed by atoms with Crippen molar-refractivity contribution < 1.29 is 4.79 Å². The van der Waals surface area contributed by atoms with E-state index in [1.165, 1.54) is 5.56 Å². The second-order valence-electron chi connectivity index (χ2n) is 4.68. The zero-order valence-electron chi connectivity index (χ0n) is 11.7. The molecule has 2 N–H and O–H groups in total. The van der Waals surface area contributed by atoms with Crippen molar-refractivity contribution in [1.29, 1.82) is 0 Å². The molecule has 3 nitrogen and oxygen atoms in total. The Balaban J connectivity index is 1.89. The fourth-order valence-corrected chi connectivity index (χ4v) is 2.01. The molecule has 2 aromatic rings. The largest absolute Gasteiger partial charge is 0.325 e. The Hall–Kier alpha value is -2.13. The molecule has 0 aromatic heterocycles. The minimum atomic E-state index is -0.185. The van der Waals surface area contributed by atoms with Crippen molar-refractivity contribution in [3.8, 4) is 0 Å².